The molecule has 0 fully saturated rings. The van der Waals surface area contributed by atoms with Gasteiger partial charge in [0.15, 0.2) is 17.3 Å². The monoisotopic (exact) mass is 356 g/mol. The van der Waals surface area contributed by atoms with E-state index in [1.54, 1.807) is 36.6 Å². The van der Waals surface area contributed by atoms with Gasteiger partial charge < -0.3 is 20.4 Å². The van der Waals surface area contributed by atoms with Crippen molar-refractivity contribution in [2.45, 2.75) is 6.61 Å². The van der Waals surface area contributed by atoms with Crippen LogP contribution in [0.2, 0.25) is 0 Å². The molecule has 0 aliphatic rings. The lowest BCUT2D eigenvalue weighted by atomic mass is 10.2. The van der Waals surface area contributed by atoms with Gasteiger partial charge in [-0.2, -0.15) is 0 Å². The van der Waals surface area contributed by atoms with Crippen LogP contribution in [0.25, 0.3) is 0 Å². The summed E-state index contributed by atoms with van der Waals surface area (Å²) in [6, 6.07) is 7.07. The summed E-state index contributed by atoms with van der Waals surface area (Å²) in [5.74, 6) is 1.15. The molecule has 0 saturated carbocycles. The molecule has 7 heteroatoms. The SMILES string of the molecule is COc1cc(C(N)=NO)ccc1OCc1sccc1Br. The minimum Gasteiger partial charge on any atom is -0.493 e. The zero-order valence-corrected chi connectivity index (χ0v) is 13.1. The summed E-state index contributed by atoms with van der Waals surface area (Å²) < 4.78 is 12.0. The lowest BCUT2D eigenvalue weighted by Gasteiger charge is -2.11. The Morgan fingerprint density at radius 3 is 2.80 bits per heavy atom. The minimum absolute atomic E-state index is 0.0239. The molecule has 0 radical (unpaired) electrons. The maximum Gasteiger partial charge on any atom is 0.170 e. The zero-order chi connectivity index (χ0) is 14.5. The second kappa shape index (κ2) is 6.62. The second-order valence-electron chi connectivity index (χ2n) is 3.83. The first-order valence-corrected chi connectivity index (χ1v) is 7.33. The fourth-order valence-corrected chi connectivity index (χ4v) is 2.95. The highest BCUT2D eigenvalue weighted by molar-refractivity contribution is 9.10. The molecule has 0 saturated heterocycles. The van der Waals surface area contributed by atoms with E-state index in [1.165, 1.54) is 0 Å². The fourth-order valence-electron chi connectivity index (χ4n) is 1.58. The average Bonchev–Trinajstić information content (AvgIpc) is 2.89. The molecule has 0 atom stereocenters. The van der Waals surface area contributed by atoms with Crippen molar-refractivity contribution in [1.82, 2.24) is 0 Å². The molecule has 0 unspecified atom stereocenters. The fraction of sp³-hybridized carbons (Fsp3) is 0.154. The number of thiophene rings is 1. The Balaban J connectivity index is 2.18. The molecule has 5 nitrogen and oxygen atoms in total. The van der Waals surface area contributed by atoms with Crippen molar-refractivity contribution in [1.29, 1.82) is 0 Å². The van der Waals surface area contributed by atoms with Crippen LogP contribution in [0.15, 0.2) is 39.3 Å². The van der Waals surface area contributed by atoms with Crippen molar-refractivity contribution in [3.8, 4) is 11.5 Å². The quantitative estimate of drug-likeness (QED) is 0.373. The predicted octanol–water partition coefficient (Wildman–Crippen LogP) is 3.19. The summed E-state index contributed by atoms with van der Waals surface area (Å²) in [5, 5.41) is 13.6. The summed E-state index contributed by atoms with van der Waals surface area (Å²) in [4.78, 5) is 1.09. The number of nitrogens with zero attached hydrogens (tertiary/aromatic N) is 1. The van der Waals surface area contributed by atoms with Crippen LogP contribution in [0.1, 0.15) is 10.4 Å². The Bertz CT molecular complexity index is 628. The molecule has 1 aromatic carbocycles. The summed E-state index contributed by atoms with van der Waals surface area (Å²) in [5.41, 5.74) is 6.10. The van der Waals surface area contributed by atoms with Gasteiger partial charge in [-0.15, -0.1) is 11.3 Å². The van der Waals surface area contributed by atoms with E-state index in [0.717, 1.165) is 9.35 Å². The van der Waals surface area contributed by atoms with E-state index in [1.807, 2.05) is 11.4 Å². The van der Waals surface area contributed by atoms with Gasteiger partial charge >= 0.3 is 0 Å². The van der Waals surface area contributed by atoms with E-state index in [-0.39, 0.29) is 5.84 Å². The molecular formula is C13H13BrN2O3S. The van der Waals surface area contributed by atoms with Gasteiger partial charge in [-0.05, 0) is 45.6 Å². The summed E-state index contributed by atoms with van der Waals surface area (Å²) in [6.45, 7) is 0.442. The molecule has 0 spiro atoms. The van der Waals surface area contributed by atoms with Crippen LogP contribution >= 0.6 is 27.3 Å². The van der Waals surface area contributed by atoms with E-state index < -0.39 is 0 Å². The summed E-state index contributed by atoms with van der Waals surface area (Å²) in [7, 11) is 1.54. The first-order chi connectivity index (χ1) is 9.65. The number of hydrogen-bond donors (Lipinski definition) is 2. The Labute approximate surface area is 128 Å². The lowest BCUT2D eigenvalue weighted by Crippen LogP contribution is -2.13. The van der Waals surface area contributed by atoms with Gasteiger partial charge in [-0.1, -0.05) is 5.16 Å². The van der Waals surface area contributed by atoms with Crippen molar-refractivity contribution < 1.29 is 14.7 Å². The molecule has 2 rings (SSSR count). The minimum atomic E-state index is 0.0239. The van der Waals surface area contributed by atoms with Crippen LogP contribution in [0, 0.1) is 0 Å². The standard InChI is InChI=1S/C13H13BrN2O3S/c1-18-11-6-8(13(15)16-17)2-3-10(11)19-7-12-9(14)4-5-20-12/h2-6,17H,7H2,1H3,(H2,15,16). The first kappa shape index (κ1) is 14.7. The van der Waals surface area contributed by atoms with Crippen LogP contribution in [0.3, 0.4) is 0 Å². The molecule has 3 N–H and O–H groups in total. The van der Waals surface area contributed by atoms with E-state index >= 15 is 0 Å². The molecule has 0 aliphatic carbocycles. The highest BCUT2D eigenvalue weighted by Crippen LogP contribution is 2.30. The molecule has 1 aromatic heterocycles. The highest BCUT2D eigenvalue weighted by Gasteiger charge is 2.10. The van der Waals surface area contributed by atoms with Crippen molar-refractivity contribution in [3.05, 3.63) is 44.6 Å². The Morgan fingerprint density at radius 2 is 2.20 bits per heavy atom. The van der Waals surface area contributed by atoms with Crippen molar-refractivity contribution in [2.24, 2.45) is 10.9 Å². The topological polar surface area (TPSA) is 77.1 Å². The number of amidine groups is 1. The number of rotatable bonds is 5. The summed E-state index contributed by atoms with van der Waals surface area (Å²) in [6.07, 6.45) is 0. The van der Waals surface area contributed by atoms with Crippen LogP contribution < -0.4 is 15.2 Å². The lowest BCUT2D eigenvalue weighted by molar-refractivity contribution is 0.286. The Kier molecular flexibility index (Phi) is 4.86. The Morgan fingerprint density at radius 1 is 1.40 bits per heavy atom. The maximum atomic E-state index is 8.67. The highest BCUT2D eigenvalue weighted by atomic mass is 79.9. The van der Waals surface area contributed by atoms with Crippen molar-refractivity contribution >= 4 is 33.1 Å². The number of hydrogen-bond acceptors (Lipinski definition) is 5. The van der Waals surface area contributed by atoms with Gasteiger partial charge in [-0.25, -0.2) is 0 Å². The third kappa shape index (κ3) is 3.23. The van der Waals surface area contributed by atoms with Gasteiger partial charge in [0.25, 0.3) is 0 Å². The number of methoxy groups -OCH3 is 1. The maximum absolute atomic E-state index is 8.67. The van der Waals surface area contributed by atoms with Gasteiger partial charge in [0.05, 0.1) is 12.0 Å². The molecule has 106 valence electrons. The second-order valence-corrected chi connectivity index (χ2v) is 5.69. The van der Waals surface area contributed by atoms with Crippen LogP contribution in [0.4, 0.5) is 0 Å². The average molecular weight is 357 g/mol. The smallest absolute Gasteiger partial charge is 0.170 e. The van der Waals surface area contributed by atoms with Gasteiger partial charge in [0.1, 0.15) is 6.61 Å². The normalized spacial score (nSPS) is 11.4. The number of nitrogens with two attached hydrogens (primary N) is 1. The Hall–Kier alpha value is -1.73. The molecule has 2 aromatic rings. The van der Waals surface area contributed by atoms with Crippen molar-refractivity contribution in [3.63, 3.8) is 0 Å². The van der Waals surface area contributed by atoms with E-state index in [4.69, 9.17) is 20.4 Å². The molecule has 0 amide bonds. The van der Waals surface area contributed by atoms with E-state index in [0.29, 0.717) is 23.7 Å². The van der Waals surface area contributed by atoms with Crippen LogP contribution in [-0.4, -0.2) is 18.2 Å². The molecule has 0 bridgehead atoms. The number of ether oxygens (including phenoxy) is 2. The largest absolute Gasteiger partial charge is 0.493 e. The number of oxime groups is 1. The number of halogens is 1. The molecule has 1 heterocycles. The summed E-state index contributed by atoms with van der Waals surface area (Å²) >= 11 is 5.06. The molecular weight excluding hydrogens is 344 g/mol. The molecule has 0 aliphatic heterocycles. The third-order valence-corrected chi connectivity index (χ3v) is 4.52. The van der Waals surface area contributed by atoms with Crippen molar-refractivity contribution in [2.75, 3.05) is 7.11 Å². The van der Waals surface area contributed by atoms with Crippen LogP contribution in [-0.2, 0) is 6.61 Å². The van der Waals surface area contributed by atoms with E-state index in [2.05, 4.69) is 21.1 Å². The zero-order valence-electron chi connectivity index (χ0n) is 10.7. The molecule has 20 heavy (non-hydrogen) atoms. The third-order valence-electron chi connectivity index (χ3n) is 2.62. The first-order valence-electron chi connectivity index (χ1n) is 5.66. The van der Waals surface area contributed by atoms with Gasteiger partial charge in [-0.3, -0.25) is 0 Å². The van der Waals surface area contributed by atoms with E-state index in [9.17, 15) is 0 Å². The van der Waals surface area contributed by atoms with Gasteiger partial charge in [0.2, 0.25) is 0 Å². The van der Waals surface area contributed by atoms with Gasteiger partial charge in [0, 0.05) is 10.0 Å². The number of benzene rings is 1. The van der Waals surface area contributed by atoms with Crippen LogP contribution in [0.5, 0.6) is 11.5 Å². The predicted molar refractivity (Wildman–Crippen MR) is 81.9 cm³/mol.